The van der Waals surface area contributed by atoms with Crippen molar-refractivity contribution in [1.82, 2.24) is 4.57 Å². The van der Waals surface area contributed by atoms with Crippen molar-refractivity contribution in [2.24, 2.45) is 0 Å². The van der Waals surface area contributed by atoms with Crippen molar-refractivity contribution in [2.45, 2.75) is 39.7 Å². The quantitative estimate of drug-likeness (QED) is 0.786. The normalized spacial score (nSPS) is 11.5. The van der Waals surface area contributed by atoms with Crippen LogP contribution in [-0.4, -0.2) is 16.1 Å². The van der Waals surface area contributed by atoms with Crippen molar-refractivity contribution in [3.05, 3.63) is 36.0 Å². The Morgan fingerprint density at radius 1 is 1.05 bits per heavy atom. The molecule has 0 fully saturated rings. The molecule has 100 valence electrons. The van der Waals surface area contributed by atoms with E-state index in [1.165, 1.54) is 19.4 Å². The number of hydrogen-bond donors (Lipinski definition) is 0. The molecule has 0 radical (unpaired) electrons. The van der Waals surface area contributed by atoms with Crippen LogP contribution < -0.4 is 0 Å². The van der Waals surface area contributed by atoms with Crippen molar-refractivity contribution < 1.29 is 9.59 Å². The van der Waals surface area contributed by atoms with E-state index < -0.39 is 6.04 Å². The zero-order valence-corrected chi connectivity index (χ0v) is 11.8. The van der Waals surface area contributed by atoms with E-state index in [1.54, 1.807) is 4.57 Å². The van der Waals surface area contributed by atoms with E-state index in [1.807, 2.05) is 18.3 Å². The minimum absolute atomic E-state index is 0.127. The summed E-state index contributed by atoms with van der Waals surface area (Å²) in [4.78, 5) is 23.3. The number of nitrogens with zero attached hydrogens (tertiary/aromatic N) is 1. The van der Waals surface area contributed by atoms with Gasteiger partial charge in [0.05, 0.1) is 0 Å². The van der Waals surface area contributed by atoms with Crippen LogP contribution in [0.4, 0.5) is 0 Å². The van der Waals surface area contributed by atoms with Crippen molar-refractivity contribution in [3.63, 3.8) is 0 Å². The third-order valence-electron chi connectivity index (χ3n) is 3.46. The highest BCUT2D eigenvalue weighted by Crippen LogP contribution is 2.25. The number of fused-ring (bicyclic) bond motifs is 1. The molecule has 3 heteroatoms. The maximum absolute atomic E-state index is 11.7. The van der Waals surface area contributed by atoms with Gasteiger partial charge in [0.2, 0.25) is 0 Å². The van der Waals surface area contributed by atoms with Gasteiger partial charge in [-0.2, -0.15) is 0 Å². The lowest BCUT2D eigenvalue weighted by Gasteiger charge is -2.14. The van der Waals surface area contributed by atoms with E-state index in [-0.39, 0.29) is 11.6 Å². The smallest absolute Gasteiger partial charge is 0.160 e. The molecule has 0 aliphatic heterocycles. The van der Waals surface area contributed by atoms with E-state index in [4.69, 9.17) is 0 Å². The molecule has 0 aliphatic carbocycles. The average Bonchev–Trinajstić information content (AvgIpc) is 2.71. The Kier molecular flexibility index (Phi) is 3.56. The summed E-state index contributed by atoms with van der Waals surface area (Å²) < 4.78 is 1.77. The first-order valence-corrected chi connectivity index (χ1v) is 6.53. The summed E-state index contributed by atoms with van der Waals surface area (Å²) in [6.45, 7) is 7.21. The summed E-state index contributed by atoms with van der Waals surface area (Å²) in [7, 11) is 0. The first-order chi connectivity index (χ1) is 8.91. The molecule has 0 atom stereocenters. The first kappa shape index (κ1) is 13.5. The minimum Gasteiger partial charge on any atom is -0.330 e. The molecule has 2 aromatic rings. The zero-order chi connectivity index (χ0) is 14.2. The lowest BCUT2D eigenvalue weighted by molar-refractivity contribution is -0.129. The van der Waals surface area contributed by atoms with Crippen molar-refractivity contribution in [1.29, 1.82) is 0 Å². The monoisotopic (exact) mass is 257 g/mol. The minimum atomic E-state index is -0.706. The Bertz CT molecular complexity index is 623. The molecular weight excluding hydrogens is 238 g/mol. The molecule has 3 nitrogen and oxygen atoms in total. The van der Waals surface area contributed by atoms with Crippen LogP contribution in [0.5, 0.6) is 0 Å². The number of rotatable bonds is 4. The lowest BCUT2D eigenvalue weighted by Crippen LogP contribution is -2.23. The van der Waals surface area contributed by atoms with Gasteiger partial charge in [-0.25, -0.2) is 0 Å². The van der Waals surface area contributed by atoms with Gasteiger partial charge in [0.1, 0.15) is 6.04 Å². The standard InChI is InChI=1S/C16H19NO2/c1-10(2)13-5-6-15-14(9-13)7-8-17(15)16(11(3)18)12(4)19/h5-10,16H,1-4H3. The third kappa shape index (κ3) is 2.46. The Balaban J connectivity index is 2.57. The Hall–Kier alpha value is -1.90. The van der Waals surface area contributed by atoms with Gasteiger partial charge in [-0.3, -0.25) is 9.59 Å². The summed E-state index contributed by atoms with van der Waals surface area (Å²) in [5.74, 6) is 0.208. The number of benzene rings is 1. The molecule has 1 aromatic heterocycles. The molecule has 1 aromatic carbocycles. The fourth-order valence-corrected chi connectivity index (χ4v) is 2.44. The summed E-state index contributed by atoms with van der Waals surface area (Å²) in [5, 5.41) is 1.07. The van der Waals surface area contributed by atoms with E-state index >= 15 is 0 Å². The Labute approximate surface area is 113 Å². The summed E-state index contributed by atoms with van der Waals surface area (Å²) in [5.41, 5.74) is 2.19. The highest BCUT2D eigenvalue weighted by Gasteiger charge is 2.22. The van der Waals surface area contributed by atoms with Crippen LogP contribution in [0.3, 0.4) is 0 Å². The fourth-order valence-electron chi connectivity index (χ4n) is 2.44. The fraction of sp³-hybridized carbons (Fsp3) is 0.375. The molecule has 0 amide bonds. The van der Waals surface area contributed by atoms with Crippen LogP contribution in [0.2, 0.25) is 0 Å². The van der Waals surface area contributed by atoms with Crippen LogP contribution in [-0.2, 0) is 9.59 Å². The number of Topliss-reactive ketones (excluding diaryl/α,β-unsaturated/α-hetero) is 2. The number of carbonyl (C=O) groups excluding carboxylic acids is 2. The van der Waals surface area contributed by atoms with Crippen LogP contribution in [0.15, 0.2) is 30.5 Å². The van der Waals surface area contributed by atoms with Gasteiger partial charge in [0, 0.05) is 11.7 Å². The second-order valence-corrected chi connectivity index (χ2v) is 5.32. The van der Waals surface area contributed by atoms with E-state index in [0.717, 1.165) is 10.9 Å². The largest absolute Gasteiger partial charge is 0.330 e. The molecule has 0 saturated carbocycles. The van der Waals surface area contributed by atoms with Crippen LogP contribution in [0, 0.1) is 0 Å². The van der Waals surface area contributed by atoms with Crippen LogP contribution >= 0.6 is 0 Å². The van der Waals surface area contributed by atoms with E-state index in [0.29, 0.717) is 5.92 Å². The van der Waals surface area contributed by atoms with Gasteiger partial charge in [-0.1, -0.05) is 19.9 Å². The van der Waals surface area contributed by atoms with E-state index in [2.05, 4.69) is 26.0 Å². The molecule has 2 rings (SSSR count). The molecule has 0 saturated heterocycles. The average molecular weight is 257 g/mol. The highest BCUT2D eigenvalue weighted by atomic mass is 16.2. The second-order valence-electron chi connectivity index (χ2n) is 5.32. The second kappa shape index (κ2) is 5.00. The van der Waals surface area contributed by atoms with Gasteiger partial charge in [-0.05, 0) is 48.9 Å². The summed E-state index contributed by atoms with van der Waals surface area (Å²) in [6.07, 6.45) is 1.82. The predicted octanol–water partition coefficient (Wildman–Crippen LogP) is 3.48. The number of carbonyl (C=O) groups is 2. The van der Waals surface area contributed by atoms with Crippen LogP contribution in [0.1, 0.15) is 45.2 Å². The van der Waals surface area contributed by atoms with Gasteiger partial charge < -0.3 is 4.57 Å². The van der Waals surface area contributed by atoms with Gasteiger partial charge in [-0.15, -0.1) is 0 Å². The molecule has 0 aliphatic rings. The lowest BCUT2D eigenvalue weighted by atomic mass is 10.0. The molecule has 1 heterocycles. The molecular formula is C16H19NO2. The van der Waals surface area contributed by atoms with Gasteiger partial charge >= 0.3 is 0 Å². The molecule has 0 bridgehead atoms. The number of aromatic nitrogens is 1. The third-order valence-corrected chi connectivity index (χ3v) is 3.46. The Morgan fingerprint density at radius 3 is 2.21 bits per heavy atom. The number of ketones is 2. The number of hydrogen-bond acceptors (Lipinski definition) is 2. The van der Waals surface area contributed by atoms with Gasteiger partial charge in [0.25, 0.3) is 0 Å². The topological polar surface area (TPSA) is 39.1 Å². The summed E-state index contributed by atoms with van der Waals surface area (Å²) >= 11 is 0. The van der Waals surface area contributed by atoms with Crippen molar-refractivity contribution >= 4 is 22.5 Å². The van der Waals surface area contributed by atoms with Crippen molar-refractivity contribution in [2.75, 3.05) is 0 Å². The maximum Gasteiger partial charge on any atom is 0.160 e. The van der Waals surface area contributed by atoms with Gasteiger partial charge in [0.15, 0.2) is 11.6 Å². The zero-order valence-electron chi connectivity index (χ0n) is 11.8. The predicted molar refractivity (Wildman–Crippen MR) is 76.4 cm³/mol. The molecule has 0 N–H and O–H groups in total. The molecule has 0 spiro atoms. The maximum atomic E-state index is 11.7. The first-order valence-electron chi connectivity index (χ1n) is 6.53. The molecule has 0 unspecified atom stereocenters. The Morgan fingerprint density at radius 2 is 1.68 bits per heavy atom. The highest BCUT2D eigenvalue weighted by molar-refractivity contribution is 6.03. The van der Waals surface area contributed by atoms with Crippen molar-refractivity contribution in [3.8, 4) is 0 Å². The van der Waals surface area contributed by atoms with E-state index in [9.17, 15) is 9.59 Å². The summed E-state index contributed by atoms with van der Waals surface area (Å²) in [6, 6.07) is 7.42. The SMILES string of the molecule is CC(=O)C(C(C)=O)n1ccc2cc(C(C)C)ccc21. The van der Waals surface area contributed by atoms with Crippen LogP contribution in [0.25, 0.3) is 10.9 Å². The molecule has 19 heavy (non-hydrogen) atoms.